The van der Waals surface area contributed by atoms with Crippen LogP contribution in [0.1, 0.15) is 37.6 Å². The van der Waals surface area contributed by atoms with Crippen LogP contribution in [0.4, 0.5) is 5.69 Å². The average molecular weight is 419 g/mol. The molecule has 2 N–H and O–H groups in total. The lowest BCUT2D eigenvalue weighted by molar-refractivity contribution is -0.116. The molecule has 3 aromatic rings. The predicted molar refractivity (Wildman–Crippen MR) is 124 cm³/mol. The molecule has 2 aromatic carbocycles. The van der Waals surface area contributed by atoms with Gasteiger partial charge in [0.2, 0.25) is 5.91 Å². The van der Waals surface area contributed by atoms with Gasteiger partial charge in [-0.1, -0.05) is 31.2 Å². The van der Waals surface area contributed by atoms with Crippen molar-refractivity contribution in [1.82, 2.24) is 14.9 Å². The van der Waals surface area contributed by atoms with E-state index in [1.54, 1.807) is 6.07 Å². The van der Waals surface area contributed by atoms with E-state index < -0.39 is 0 Å². The smallest absolute Gasteiger partial charge is 0.258 e. The molecule has 6 nitrogen and oxygen atoms in total. The first-order chi connectivity index (χ1) is 15.1. The van der Waals surface area contributed by atoms with Crippen LogP contribution in [0.2, 0.25) is 0 Å². The number of nitrogens with zero attached hydrogens (tertiary/aromatic N) is 2. The fourth-order valence-corrected chi connectivity index (χ4v) is 4.09. The number of hydrogen-bond donors (Lipinski definition) is 2. The molecule has 0 radical (unpaired) electrons. The minimum absolute atomic E-state index is 0.0852. The van der Waals surface area contributed by atoms with Gasteiger partial charge < -0.3 is 15.2 Å². The van der Waals surface area contributed by atoms with Crippen LogP contribution >= 0.6 is 0 Å². The van der Waals surface area contributed by atoms with Crippen LogP contribution < -0.4 is 10.9 Å². The van der Waals surface area contributed by atoms with Crippen LogP contribution in [-0.2, 0) is 17.6 Å². The topological polar surface area (TPSA) is 78.1 Å². The monoisotopic (exact) mass is 418 g/mol. The predicted octanol–water partition coefficient (Wildman–Crippen LogP) is 3.77. The van der Waals surface area contributed by atoms with Crippen molar-refractivity contribution in [2.45, 2.75) is 39.0 Å². The molecule has 0 saturated carbocycles. The van der Waals surface area contributed by atoms with Gasteiger partial charge in [0.1, 0.15) is 5.82 Å². The van der Waals surface area contributed by atoms with E-state index in [1.807, 2.05) is 30.3 Å². The van der Waals surface area contributed by atoms with Gasteiger partial charge in [0.15, 0.2) is 0 Å². The fourth-order valence-electron chi connectivity index (χ4n) is 4.09. The van der Waals surface area contributed by atoms with Crippen LogP contribution in [0, 0.1) is 5.92 Å². The summed E-state index contributed by atoms with van der Waals surface area (Å²) in [5.41, 5.74) is 2.53. The van der Waals surface area contributed by atoms with Gasteiger partial charge in [-0.3, -0.25) is 9.59 Å². The Morgan fingerprint density at radius 3 is 2.77 bits per heavy atom. The van der Waals surface area contributed by atoms with Gasteiger partial charge >= 0.3 is 0 Å². The van der Waals surface area contributed by atoms with Gasteiger partial charge in [0.05, 0.1) is 10.9 Å². The van der Waals surface area contributed by atoms with Crippen molar-refractivity contribution in [1.29, 1.82) is 0 Å². The van der Waals surface area contributed by atoms with Crippen LogP contribution in [0.3, 0.4) is 0 Å². The van der Waals surface area contributed by atoms with Gasteiger partial charge in [-0.2, -0.15) is 0 Å². The molecule has 162 valence electrons. The molecule has 1 fully saturated rings. The summed E-state index contributed by atoms with van der Waals surface area (Å²) >= 11 is 0. The minimum atomic E-state index is -0.170. The number of benzene rings is 2. The molecule has 0 aliphatic carbocycles. The zero-order chi connectivity index (χ0) is 21.6. The Bertz CT molecular complexity index is 1100. The number of piperidine rings is 1. The lowest BCUT2D eigenvalue weighted by atomic mass is 9.99. The number of aryl methyl sites for hydroxylation is 1. The van der Waals surface area contributed by atoms with Crippen molar-refractivity contribution < 1.29 is 4.79 Å². The third kappa shape index (κ3) is 5.79. The fraction of sp³-hybridized carbons (Fsp3) is 0.400. The first-order valence-electron chi connectivity index (χ1n) is 11.2. The Kier molecular flexibility index (Phi) is 6.77. The number of fused-ring (bicyclic) bond motifs is 1. The van der Waals surface area contributed by atoms with E-state index >= 15 is 0 Å². The number of carbonyl (C=O) groups is 1. The van der Waals surface area contributed by atoms with E-state index in [-0.39, 0.29) is 17.9 Å². The number of amides is 1. The van der Waals surface area contributed by atoms with Gasteiger partial charge in [0, 0.05) is 25.1 Å². The highest BCUT2D eigenvalue weighted by molar-refractivity contribution is 5.90. The van der Waals surface area contributed by atoms with Crippen molar-refractivity contribution in [2.75, 3.05) is 25.0 Å². The zero-order valence-electron chi connectivity index (χ0n) is 18.1. The molecule has 6 heteroatoms. The number of H-pyrrole nitrogens is 1. The van der Waals surface area contributed by atoms with Crippen LogP contribution in [0.25, 0.3) is 10.9 Å². The number of hydrogen-bond acceptors (Lipinski definition) is 4. The molecule has 0 spiro atoms. The Morgan fingerprint density at radius 1 is 1.13 bits per heavy atom. The summed E-state index contributed by atoms with van der Waals surface area (Å²) in [6.07, 6.45) is 4.21. The number of likely N-dealkylation sites (tertiary alicyclic amines) is 1. The van der Waals surface area contributed by atoms with Crippen molar-refractivity contribution in [3.05, 3.63) is 70.3 Å². The normalized spacial score (nSPS) is 15.3. The minimum Gasteiger partial charge on any atom is -0.326 e. The highest BCUT2D eigenvalue weighted by atomic mass is 16.1. The number of carbonyl (C=O) groups excluding carboxylic acids is 1. The van der Waals surface area contributed by atoms with Crippen LogP contribution in [-0.4, -0.2) is 40.4 Å². The molecule has 1 saturated heterocycles. The van der Waals surface area contributed by atoms with Gasteiger partial charge in [-0.15, -0.1) is 0 Å². The number of aromatic nitrogens is 2. The standard InChI is InChI=1S/C25H30N4O2/c1-18-11-14-29(15-12-18)16-13-19-5-4-6-20(17-19)26-24(30)10-9-23-27-22-8-3-2-7-21(22)25(31)28-23/h2-8,17-18H,9-16H2,1H3,(H,26,30)(H,27,28,31). The Balaban J connectivity index is 1.29. The highest BCUT2D eigenvalue weighted by Crippen LogP contribution is 2.17. The van der Waals surface area contributed by atoms with E-state index in [1.165, 1.54) is 31.5 Å². The molecule has 31 heavy (non-hydrogen) atoms. The lowest BCUT2D eigenvalue weighted by Crippen LogP contribution is -2.34. The Labute approximate surface area is 182 Å². The SMILES string of the molecule is CC1CCN(CCc2cccc(NC(=O)CCc3nc4ccccc4c(=O)[nH]3)c2)CC1. The van der Waals surface area contributed by atoms with Crippen molar-refractivity contribution in [2.24, 2.45) is 5.92 Å². The van der Waals surface area contributed by atoms with Gasteiger partial charge in [0.25, 0.3) is 5.56 Å². The number of rotatable bonds is 7. The molecule has 1 aliphatic rings. The summed E-state index contributed by atoms with van der Waals surface area (Å²) in [6.45, 7) is 5.76. The highest BCUT2D eigenvalue weighted by Gasteiger charge is 2.15. The molecule has 1 aliphatic heterocycles. The Morgan fingerprint density at radius 2 is 1.94 bits per heavy atom. The molecule has 2 heterocycles. The van der Waals surface area contributed by atoms with Gasteiger partial charge in [-0.05, 0) is 68.1 Å². The number of nitrogens with one attached hydrogen (secondary N) is 2. The second kappa shape index (κ2) is 9.88. The second-order valence-corrected chi connectivity index (χ2v) is 8.55. The summed E-state index contributed by atoms with van der Waals surface area (Å²) in [5, 5.41) is 3.54. The van der Waals surface area contributed by atoms with Crippen LogP contribution in [0.5, 0.6) is 0 Å². The van der Waals surface area contributed by atoms with Gasteiger partial charge in [-0.25, -0.2) is 4.98 Å². The van der Waals surface area contributed by atoms with Crippen LogP contribution in [0.15, 0.2) is 53.3 Å². The molecule has 0 bridgehead atoms. The first kappa shape index (κ1) is 21.2. The summed E-state index contributed by atoms with van der Waals surface area (Å²) < 4.78 is 0. The van der Waals surface area contributed by atoms with E-state index in [9.17, 15) is 9.59 Å². The largest absolute Gasteiger partial charge is 0.326 e. The maximum absolute atomic E-state index is 12.4. The average Bonchev–Trinajstić information content (AvgIpc) is 2.78. The third-order valence-electron chi connectivity index (χ3n) is 6.05. The molecular formula is C25H30N4O2. The zero-order valence-corrected chi connectivity index (χ0v) is 18.1. The van der Waals surface area contributed by atoms with E-state index in [0.717, 1.165) is 24.6 Å². The van der Waals surface area contributed by atoms with Crippen molar-refractivity contribution in [3.8, 4) is 0 Å². The molecule has 0 unspecified atom stereocenters. The quantitative estimate of drug-likeness (QED) is 0.612. The summed E-state index contributed by atoms with van der Waals surface area (Å²) in [5.74, 6) is 1.29. The maximum Gasteiger partial charge on any atom is 0.258 e. The molecule has 4 rings (SSSR count). The number of aromatic amines is 1. The molecule has 0 atom stereocenters. The molecular weight excluding hydrogens is 388 g/mol. The van der Waals surface area contributed by atoms with E-state index in [2.05, 4.69) is 39.2 Å². The lowest BCUT2D eigenvalue weighted by Gasteiger charge is -2.30. The number of para-hydroxylation sites is 1. The third-order valence-corrected chi connectivity index (χ3v) is 6.05. The summed E-state index contributed by atoms with van der Waals surface area (Å²) in [4.78, 5) is 34.4. The molecule has 1 aromatic heterocycles. The number of anilines is 1. The van der Waals surface area contributed by atoms with E-state index in [0.29, 0.717) is 23.1 Å². The molecule has 1 amide bonds. The second-order valence-electron chi connectivity index (χ2n) is 8.55. The maximum atomic E-state index is 12.4. The first-order valence-corrected chi connectivity index (χ1v) is 11.2. The Hall–Kier alpha value is -2.99. The van der Waals surface area contributed by atoms with Crippen molar-refractivity contribution in [3.63, 3.8) is 0 Å². The summed E-state index contributed by atoms with van der Waals surface area (Å²) in [6, 6.07) is 15.3. The summed E-state index contributed by atoms with van der Waals surface area (Å²) in [7, 11) is 0. The van der Waals surface area contributed by atoms with Crippen molar-refractivity contribution >= 4 is 22.5 Å². The van der Waals surface area contributed by atoms with E-state index in [4.69, 9.17) is 0 Å².